The van der Waals surface area contributed by atoms with Gasteiger partial charge in [-0.3, -0.25) is 9.63 Å². The minimum Gasteiger partial charge on any atom is -0.463 e. The summed E-state index contributed by atoms with van der Waals surface area (Å²) in [6.07, 6.45) is 41.4. The second-order valence-corrected chi connectivity index (χ2v) is 16.4. The second-order valence-electron chi connectivity index (χ2n) is 16.4. The fourth-order valence-corrected chi connectivity index (χ4v) is 7.32. The van der Waals surface area contributed by atoms with Crippen LogP contribution in [0.1, 0.15) is 233 Å². The maximum Gasteiger partial charge on any atom is 0.330 e. The Hall–Kier alpha value is -1.40. The number of esters is 1. The van der Waals surface area contributed by atoms with Crippen LogP contribution in [0.5, 0.6) is 0 Å². The van der Waals surface area contributed by atoms with Gasteiger partial charge in [0.1, 0.15) is 0 Å². The van der Waals surface area contributed by atoms with E-state index in [0.717, 1.165) is 64.3 Å². The number of hydrogen-bond donors (Lipinski definition) is 0. The number of carbonyl (C=O) groups is 2. The fraction of sp³-hybridized carbons (Fsp3) is 0.915. The molecule has 1 amide bonds. The van der Waals surface area contributed by atoms with Gasteiger partial charge < -0.3 is 9.64 Å². The van der Waals surface area contributed by atoms with Crippen molar-refractivity contribution in [2.45, 2.75) is 239 Å². The monoisotopic (exact) mass is 749 g/mol. The van der Waals surface area contributed by atoms with Crippen LogP contribution >= 0.6 is 0 Å². The lowest BCUT2D eigenvalue weighted by molar-refractivity contribution is -0.203. The van der Waals surface area contributed by atoms with E-state index in [2.05, 4.69) is 46.7 Å². The van der Waals surface area contributed by atoms with Crippen LogP contribution in [0.4, 0.5) is 0 Å². The molecular weight excluding hydrogens is 657 g/mol. The molecule has 1 unspecified atom stereocenters. The van der Waals surface area contributed by atoms with Crippen molar-refractivity contribution in [3.8, 4) is 0 Å². The molecule has 0 saturated heterocycles. The molecule has 0 radical (unpaired) electrons. The molecule has 0 aliphatic heterocycles. The van der Waals surface area contributed by atoms with E-state index in [4.69, 9.17) is 9.57 Å². The van der Waals surface area contributed by atoms with E-state index in [-0.39, 0.29) is 17.9 Å². The van der Waals surface area contributed by atoms with Crippen molar-refractivity contribution in [2.75, 3.05) is 33.9 Å². The van der Waals surface area contributed by atoms with Crippen molar-refractivity contribution in [2.24, 2.45) is 5.92 Å². The molecule has 0 aromatic carbocycles. The summed E-state index contributed by atoms with van der Waals surface area (Å²) in [7, 11) is 4.14. The number of hydrogen-bond acceptors (Lipinski definition) is 5. The molecule has 53 heavy (non-hydrogen) atoms. The molecule has 0 fully saturated rings. The number of unbranched alkanes of at least 4 members (excludes halogenated alkanes) is 20. The lowest BCUT2D eigenvalue weighted by Gasteiger charge is -2.31. The Labute approximate surface area is 331 Å². The zero-order chi connectivity index (χ0) is 39.0. The summed E-state index contributed by atoms with van der Waals surface area (Å²) in [5.41, 5.74) is 0. The van der Waals surface area contributed by atoms with E-state index in [1.165, 1.54) is 141 Å². The van der Waals surface area contributed by atoms with Gasteiger partial charge in [0.15, 0.2) is 0 Å². The molecule has 0 saturated carbocycles. The Morgan fingerprint density at radius 2 is 1.00 bits per heavy atom. The van der Waals surface area contributed by atoms with Crippen molar-refractivity contribution in [1.82, 2.24) is 9.96 Å². The van der Waals surface area contributed by atoms with Gasteiger partial charge in [-0.05, 0) is 71.5 Å². The average molecular weight is 749 g/mol. The van der Waals surface area contributed by atoms with Crippen LogP contribution < -0.4 is 0 Å². The summed E-state index contributed by atoms with van der Waals surface area (Å²) in [5.74, 6) is 0.617. The molecule has 0 N–H and O–H groups in total. The van der Waals surface area contributed by atoms with Crippen molar-refractivity contribution in [3.05, 3.63) is 12.2 Å². The summed E-state index contributed by atoms with van der Waals surface area (Å²) in [6, 6.07) is 0.118. The van der Waals surface area contributed by atoms with Crippen molar-refractivity contribution in [3.63, 3.8) is 0 Å². The standard InChI is InChI=1S/C47H92N2O4/c1-7-11-15-17-19-21-23-29-36-45(49(46(50)38-33-41-48(5)6)53-42-32-26-22-20-18-16-12-8-2)37-30-24-25-31-39-47(51)52-43-40-44(34-27-13-9-3)35-28-14-10-4/h31,39,44-45H,7-30,32-38,40-43H2,1-6H3. The molecule has 6 nitrogen and oxygen atoms in total. The molecule has 0 rings (SSSR count). The van der Waals surface area contributed by atoms with E-state index < -0.39 is 0 Å². The smallest absolute Gasteiger partial charge is 0.330 e. The number of ether oxygens (including phenoxy) is 1. The predicted octanol–water partition coefficient (Wildman–Crippen LogP) is 14.0. The largest absolute Gasteiger partial charge is 0.463 e. The molecule has 0 heterocycles. The van der Waals surface area contributed by atoms with Gasteiger partial charge in [-0.25, -0.2) is 9.86 Å². The SMILES string of the molecule is CCCCCCCCCCON(C(=O)CCCN(C)C)C(CCCCC=CC(=O)OCCC(CCCCC)CCCCC)CCCCCCCCCC. The van der Waals surface area contributed by atoms with E-state index in [1.54, 1.807) is 6.08 Å². The number of rotatable bonds is 41. The number of hydroxylamine groups is 2. The van der Waals surface area contributed by atoms with Crippen LogP contribution in [-0.4, -0.2) is 61.7 Å². The maximum absolute atomic E-state index is 13.7. The van der Waals surface area contributed by atoms with Gasteiger partial charge in [0.25, 0.3) is 0 Å². The lowest BCUT2D eigenvalue weighted by Crippen LogP contribution is -2.41. The Bertz CT molecular complexity index is 806. The Balaban J connectivity index is 5.07. The molecule has 0 bridgehead atoms. The maximum atomic E-state index is 13.7. The number of carbonyl (C=O) groups excluding carboxylic acids is 2. The minimum absolute atomic E-state index is 0.118. The normalized spacial score (nSPS) is 12.4. The van der Waals surface area contributed by atoms with Crippen LogP contribution in [0.25, 0.3) is 0 Å². The van der Waals surface area contributed by atoms with Gasteiger partial charge in [-0.15, -0.1) is 0 Å². The molecule has 0 aromatic heterocycles. The van der Waals surface area contributed by atoms with Crippen molar-refractivity contribution in [1.29, 1.82) is 0 Å². The molecule has 0 spiro atoms. The Kier molecular flexibility index (Phi) is 39.2. The zero-order valence-corrected chi connectivity index (χ0v) is 36.6. The first-order valence-electron chi connectivity index (χ1n) is 23.3. The van der Waals surface area contributed by atoms with Crippen LogP contribution in [-0.2, 0) is 19.2 Å². The third-order valence-corrected chi connectivity index (χ3v) is 10.8. The van der Waals surface area contributed by atoms with Crippen LogP contribution in [0.15, 0.2) is 12.2 Å². The predicted molar refractivity (Wildman–Crippen MR) is 229 cm³/mol. The van der Waals surface area contributed by atoms with E-state index >= 15 is 0 Å². The number of amides is 1. The topological polar surface area (TPSA) is 59.1 Å². The zero-order valence-electron chi connectivity index (χ0n) is 36.6. The molecule has 6 heteroatoms. The van der Waals surface area contributed by atoms with E-state index in [1.807, 2.05) is 11.1 Å². The summed E-state index contributed by atoms with van der Waals surface area (Å²) in [4.78, 5) is 34.7. The summed E-state index contributed by atoms with van der Waals surface area (Å²) >= 11 is 0. The third-order valence-electron chi connectivity index (χ3n) is 10.8. The Morgan fingerprint density at radius 1 is 0.528 bits per heavy atom. The van der Waals surface area contributed by atoms with Crippen LogP contribution in [0, 0.1) is 5.92 Å². The van der Waals surface area contributed by atoms with Crippen molar-refractivity contribution < 1.29 is 19.2 Å². The van der Waals surface area contributed by atoms with Crippen LogP contribution in [0.2, 0.25) is 0 Å². The highest BCUT2D eigenvalue weighted by Gasteiger charge is 2.24. The van der Waals surface area contributed by atoms with Crippen LogP contribution in [0.3, 0.4) is 0 Å². The molecule has 314 valence electrons. The van der Waals surface area contributed by atoms with Gasteiger partial charge in [0.05, 0.1) is 19.3 Å². The number of nitrogens with zero attached hydrogens (tertiary/aromatic N) is 2. The van der Waals surface area contributed by atoms with Gasteiger partial charge in [0.2, 0.25) is 5.91 Å². The van der Waals surface area contributed by atoms with Gasteiger partial charge in [-0.1, -0.05) is 188 Å². The van der Waals surface area contributed by atoms with Crippen molar-refractivity contribution >= 4 is 11.9 Å². The molecule has 0 aliphatic carbocycles. The van der Waals surface area contributed by atoms with E-state index in [9.17, 15) is 9.59 Å². The lowest BCUT2D eigenvalue weighted by atomic mass is 9.92. The van der Waals surface area contributed by atoms with Gasteiger partial charge >= 0.3 is 5.97 Å². The first-order valence-corrected chi connectivity index (χ1v) is 23.3. The average Bonchev–Trinajstić information content (AvgIpc) is 3.14. The first-order chi connectivity index (χ1) is 25.9. The highest BCUT2D eigenvalue weighted by atomic mass is 16.7. The summed E-state index contributed by atoms with van der Waals surface area (Å²) < 4.78 is 5.62. The highest BCUT2D eigenvalue weighted by Crippen LogP contribution is 2.23. The van der Waals surface area contributed by atoms with E-state index in [0.29, 0.717) is 25.6 Å². The first kappa shape index (κ1) is 51.6. The fourth-order valence-electron chi connectivity index (χ4n) is 7.32. The third kappa shape index (κ3) is 34.8. The van der Waals surface area contributed by atoms with Gasteiger partial charge in [-0.2, -0.15) is 0 Å². The highest BCUT2D eigenvalue weighted by molar-refractivity contribution is 5.81. The molecule has 0 aliphatic rings. The minimum atomic E-state index is -0.206. The Morgan fingerprint density at radius 3 is 1.55 bits per heavy atom. The number of allylic oxidation sites excluding steroid dienone is 1. The molecular formula is C47H92N2O4. The summed E-state index contributed by atoms with van der Waals surface area (Å²) in [5, 5.41) is 1.82. The van der Waals surface area contributed by atoms with Gasteiger partial charge in [0, 0.05) is 12.5 Å². The summed E-state index contributed by atoms with van der Waals surface area (Å²) in [6.45, 7) is 11.1. The quantitative estimate of drug-likeness (QED) is 0.0270. The molecule has 1 atom stereocenters. The second kappa shape index (κ2) is 40.3. The molecule has 0 aromatic rings.